The van der Waals surface area contributed by atoms with Gasteiger partial charge in [-0.05, 0) is 30.4 Å². The van der Waals surface area contributed by atoms with E-state index in [4.69, 9.17) is 0 Å². The van der Waals surface area contributed by atoms with E-state index in [1.165, 1.54) is 25.7 Å². The molecule has 1 aliphatic carbocycles. The maximum absolute atomic E-state index is 4.23. The first-order chi connectivity index (χ1) is 4.33. The average molecular weight is 144 g/mol. The molecule has 0 aromatic heterocycles. The topological polar surface area (TPSA) is 0 Å². The number of hydrogen-bond donors (Lipinski definition) is 1. The summed E-state index contributed by atoms with van der Waals surface area (Å²) >= 11 is 4.23. The van der Waals surface area contributed by atoms with E-state index >= 15 is 0 Å². The summed E-state index contributed by atoms with van der Waals surface area (Å²) in [4.78, 5) is 0. The van der Waals surface area contributed by atoms with Crippen LogP contribution in [0.25, 0.3) is 0 Å². The molecule has 0 nitrogen and oxygen atoms in total. The lowest BCUT2D eigenvalue weighted by Crippen LogP contribution is -1.94. The Morgan fingerprint density at radius 1 is 1.44 bits per heavy atom. The summed E-state index contributed by atoms with van der Waals surface area (Å²) in [5, 5.41) is 0. The molecular weight excluding hydrogens is 128 g/mol. The molecule has 2 unspecified atom stereocenters. The van der Waals surface area contributed by atoms with E-state index in [0.29, 0.717) is 0 Å². The minimum atomic E-state index is 0.995. The van der Waals surface area contributed by atoms with Crippen molar-refractivity contribution in [3.05, 3.63) is 0 Å². The number of thiol groups is 1. The monoisotopic (exact) mass is 144 g/mol. The van der Waals surface area contributed by atoms with Gasteiger partial charge in [-0.1, -0.05) is 19.8 Å². The lowest BCUT2D eigenvalue weighted by atomic mass is 10.0. The van der Waals surface area contributed by atoms with Crippen molar-refractivity contribution >= 4 is 12.6 Å². The highest BCUT2D eigenvalue weighted by atomic mass is 32.1. The molecule has 0 saturated heterocycles. The minimum absolute atomic E-state index is 0.995. The van der Waals surface area contributed by atoms with Crippen LogP contribution < -0.4 is 0 Å². The SMILES string of the molecule is CC1CCC(CCS)C1. The summed E-state index contributed by atoms with van der Waals surface area (Å²) in [7, 11) is 0. The quantitative estimate of drug-likeness (QED) is 0.566. The summed E-state index contributed by atoms with van der Waals surface area (Å²) in [6.07, 6.45) is 5.72. The molecule has 0 heterocycles. The van der Waals surface area contributed by atoms with Crippen molar-refractivity contribution in [2.24, 2.45) is 11.8 Å². The van der Waals surface area contributed by atoms with Gasteiger partial charge in [0.05, 0.1) is 0 Å². The van der Waals surface area contributed by atoms with Crippen molar-refractivity contribution in [3.8, 4) is 0 Å². The molecule has 2 atom stereocenters. The van der Waals surface area contributed by atoms with Gasteiger partial charge in [0, 0.05) is 0 Å². The first-order valence-corrected chi connectivity index (χ1v) is 4.57. The Labute approximate surface area is 63.4 Å². The number of rotatable bonds is 2. The van der Waals surface area contributed by atoms with Crippen molar-refractivity contribution in [3.63, 3.8) is 0 Å². The second kappa shape index (κ2) is 3.50. The van der Waals surface area contributed by atoms with Gasteiger partial charge in [0.2, 0.25) is 0 Å². The van der Waals surface area contributed by atoms with Gasteiger partial charge in [-0.3, -0.25) is 0 Å². The van der Waals surface area contributed by atoms with Gasteiger partial charge < -0.3 is 0 Å². The fourth-order valence-corrected chi connectivity index (χ4v) is 2.13. The van der Waals surface area contributed by atoms with Gasteiger partial charge in [-0.25, -0.2) is 0 Å². The van der Waals surface area contributed by atoms with Gasteiger partial charge in [0.1, 0.15) is 0 Å². The van der Waals surface area contributed by atoms with Crippen molar-refractivity contribution in [1.82, 2.24) is 0 Å². The third kappa shape index (κ3) is 2.21. The Morgan fingerprint density at radius 3 is 2.67 bits per heavy atom. The summed E-state index contributed by atoms with van der Waals surface area (Å²) in [5.74, 6) is 3.09. The zero-order valence-electron chi connectivity index (χ0n) is 6.14. The summed E-state index contributed by atoms with van der Waals surface area (Å²) < 4.78 is 0. The molecule has 0 spiro atoms. The maximum Gasteiger partial charge on any atom is -0.00953 e. The van der Waals surface area contributed by atoms with Crippen LogP contribution in [0, 0.1) is 11.8 Å². The second-order valence-corrected chi connectivity index (χ2v) is 3.74. The molecule has 1 saturated carbocycles. The Kier molecular flexibility index (Phi) is 2.90. The van der Waals surface area contributed by atoms with Gasteiger partial charge in [0.25, 0.3) is 0 Å². The zero-order valence-corrected chi connectivity index (χ0v) is 7.03. The third-order valence-corrected chi connectivity index (χ3v) is 2.60. The van der Waals surface area contributed by atoms with Crippen LogP contribution in [0.1, 0.15) is 32.6 Å². The van der Waals surface area contributed by atoms with E-state index in [2.05, 4.69) is 19.6 Å². The van der Waals surface area contributed by atoms with Crippen molar-refractivity contribution in [2.75, 3.05) is 5.75 Å². The number of hydrogen-bond acceptors (Lipinski definition) is 1. The van der Waals surface area contributed by atoms with Crippen LogP contribution in [-0.4, -0.2) is 5.75 Å². The van der Waals surface area contributed by atoms with Crippen LogP contribution in [0.2, 0.25) is 0 Å². The molecular formula is C8H16S. The smallest absolute Gasteiger partial charge is 0.00953 e. The van der Waals surface area contributed by atoms with Crippen LogP contribution in [0.3, 0.4) is 0 Å². The molecule has 1 heteroatoms. The first-order valence-electron chi connectivity index (χ1n) is 3.93. The lowest BCUT2D eigenvalue weighted by molar-refractivity contribution is 0.505. The summed E-state index contributed by atoms with van der Waals surface area (Å²) in [6, 6.07) is 0. The van der Waals surface area contributed by atoms with E-state index in [0.717, 1.165) is 17.6 Å². The molecule has 1 aliphatic rings. The minimum Gasteiger partial charge on any atom is -0.179 e. The van der Waals surface area contributed by atoms with Gasteiger partial charge in [-0.15, -0.1) is 0 Å². The predicted octanol–water partition coefficient (Wildman–Crippen LogP) is 2.74. The van der Waals surface area contributed by atoms with Crippen LogP contribution >= 0.6 is 12.6 Å². The molecule has 0 radical (unpaired) electrons. The molecule has 0 aromatic carbocycles. The van der Waals surface area contributed by atoms with Crippen molar-refractivity contribution < 1.29 is 0 Å². The Bertz CT molecular complexity index is 78.6. The van der Waals surface area contributed by atoms with Crippen molar-refractivity contribution in [2.45, 2.75) is 32.6 Å². The van der Waals surface area contributed by atoms with E-state index in [1.807, 2.05) is 0 Å². The highest BCUT2D eigenvalue weighted by molar-refractivity contribution is 7.80. The molecule has 1 rings (SSSR count). The van der Waals surface area contributed by atoms with E-state index < -0.39 is 0 Å². The fraction of sp³-hybridized carbons (Fsp3) is 1.00. The fourth-order valence-electron chi connectivity index (χ4n) is 1.77. The molecule has 0 aromatic rings. The van der Waals surface area contributed by atoms with E-state index in [1.54, 1.807) is 0 Å². The second-order valence-electron chi connectivity index (χ2n) is 3.30. The largest absolute Gasteiger partial charge is 0.179 e. The van der Waals surface area contributed by atoms with Crippen LogP contribution in [-0.2, 0) is 0 Å². The lowest BCUT2D eigenvalue weighted by Gasteiger charge is -2.04. The van der Waals surface area contributed by atoms with Crippen LogP contribution in [0.5, 0.6) is 0 Å². The maximum atomic E-state index is 4.23. The predicted molar refractivity (Wildman–Crippen MR) is 45.0 cm³/mol. The van der Waals surface area contributed by atoms with E-state index in [9.17, 15) is 0 Å². The molecule has 0 bridgehead atoms. The average Bonchev–Trinajstić information content (AvgIpc) is 2.17. The molecule has 0 N–H and O–H groups in total. The molecule has 54 valence electrons. The standard InChI is InChI=1S/C8H16S/c1-7-2-3-8(6-7)4-5-9/h7-9H,2-6H2,1H3. The first kappa shape index (κ1) is 7.46. The molecule has 0 amide bonds. The van der Waals surface area contributed by atoms with Crippen molar-refractivity contribution in [1.29, 1.82) is 0 Å². The van der Waals surface area contributed by atoms with Gasteiger partial charge >= 0.3 is 0 Å². The van der Waals surface area contributed by atoms with Crippen LogP contribution in [0.15, 0.2) is 0 Å². The van der Waals surface area contributed by atoms with Crippen LogP contribution in [0.4, 0.5) is 0 Å². The molecule has 0 aliphatic heterocycles. The van der Waals surface area contributed by atoms with Gasteiger partial charge in [0.15, 0.2) is 0 Å². The Hall–Kier alpha value is 0.350. The molecule has 1 fully saturated rings. The van der Waals surface area contributed by atoms with Gasteiger partial charge in [-0.2, -0.15) is 12.6 Å². The Balaban J connectivity index is 2.14. The normalized spacial score (nSPS) is 35.3. The van der Waals surface area contributed by atoms with E-state index in [-0.39, 0.29) is 0 Å². The zero-order chi connectivity index (χ0) is 6.69. The Morgan fingerprint density at radius 2 is 2.22 bits per heavy atom. The summed E-state index contributed by atoms with van der Waals surface area (Å²) in [5.41, 5.74) is 0. The summed E-state index contributed by atoms with van der Waals surface area (Å²) in [6.45, 7) is 2.36. The highest BCUT2D eigenvalue weighted by Gasteiger charge is 2.19. The highest BCUT2D eigenvalue weighted by Crippen LogP contribution is 2.32. The molecule has 9 heavy (non-hydrogen) atoms. The third-order valence-electron chi connectivity index (χ3n) is 2.34.